The Morgan fingerprint density at radius 1 is 1.03 bits per heavy atom. The summed E-state index contributed by atoms with van der Waals surface area (Å²) in [6.45, 7) is 3.65. The van der Waals surface area contributed by atoms with Gasteiger partial charge in [-0.1, -0.05) is 0 Å². The lowest BCUT2D eigenvalue weighted by Crippen LogP contribution is -2.39. The molecule has 0 saturated carbocycles. The summed E-state index contributed by atoms with van der Waals surface area (Å²) in [5.74, 6) is 1.41. The van der Waals surface area contributed by atoms with Crippen LogP contribution >= 0.6 is 0 Å². The topological polar surface area (TPSA) is 94.2 Å². The minimum Gasteiger partial charge on any atom is -0.498 e. The maximum Gasteiger partial charge on any atom is 0.338 e. The number of nitrogens with zero attached hydrogens (tertiary/aromatic N) is 1. The average Bonchev–Trinajstić information content (AvgIpc) is 3.53. The van der Waals surface area contributed by atoms with Gasteiger partial charge in [-0.2, -0.15) is 0 Å². The van der Waals surface area contributed by atoms with Gasteiger partial charge in [-0.15, -0.1) is 0 Å². The number of morpholine rings is 1. The maximum absolute atomic E-state index is 12.9. The van der Waals surface area contributed by atoms with Crippen molar-refractivity contribution < 1.29 is 42.7 Å². The Morgan fingerprint density at radius 3 is 2.52 bits per heavy atom. The lowest BCUT2D eigenvalue weighted by molar-refractivity contribution is 0.0395. The Morgan fingerprint density at radius 2 is 1.79 bits per heavy atom. The Labute approximate surface area is 191 Å². The van der Waals surface area contributed by atoms with E-state index < -0.39 is 18.2 Å². The van der Waals surface area contributed by atoms with E-state index in [1.165, 1.54) is 14.2 Å². The van der Waals surface area contributed by atoms with Crippen molar-refractivity contribution in [1.29, 1.82) is 0 Å². The van der Waals surface area contributed by atoms with Gasteiger partial charge in [0, 0.05) is 30.8 Å². The molecule has 33 heavy (non-hydrogen) atoms. The van der Waals surface area contributed by atoms with Gasteiger partial charge in [0.2, 0.25) is 12.5 Å². The zero-order valence-electron chi connectivity index (χ0n) is 18.9. The summed E-state index contributed by atoms with van der Waals surface area (Å²) in [4.78, 5) is 15.2. The molecule has 1 aromatic carbocycles. The second kappa shape index (κ2) is 9.22. The Bertz CT molecular complexity index is 996. The number of rotatable bonds is 6. The number of carbonyl (C=O) groups is 1. The number of esters is 1. The molecule has 2 atom stereocenters. The molecule has 178 valence electrons. The summed E-state index contributed by atoms with van der Waals surface area (Å²) in [6, 6.07) is 1.62. The van der Waals surface area contributed by atoms with Gasteiger partial charge in [-0.05, 0) is 17.7 Å². The van der Waals surface area contributed by atoms with Crippen LogP contribution in [0.2, 0.25) is 0 Å². The lowest BCUT2D eigenvalue weighted by atomic mass is 9.83. The third kappa shape index (κ3) is 3.82. The van der Waals surface area contributed by atoms with Crippen LogP contribution in [0.5, 0.6) is 17.2 Å². The van der Waals surface area contributed by atoms with Crippen LogP contribution < -0.4 is 14.2 Å². The summed E-state index contributed by atoms with van der Waals surface area (Å²) < 4.78 is 45.2. The van der Waals surface area contributed by atoms with Crippen molar-refractivity contribution >= 4 is 11.5 Å². The zero-order chi connectivity index (χ0) is 22.9. The Kier molecular flexibility index (Phi) is 6.15. The van der Waals surface area contributed by atoms with Crippen LogP contribution in [0.15, 0.2) is 23.5 Å². The van der Waals surface area contributed by atoms with Crippen LogP contribution in [0.4, 0.5) is 0 Å². The van der Waals surface area contributed by atoms with E-state index in [2.05, 4.69) is 4.90 Å². The fourth-order valence-electron chi connectivity index (χ4n) is 4.68. The van der Waals surface area contributed by atoms with E-state index in [4.69, 9.17) is 37.9 Å². The second-order valence-electron chi connectivity index (χ2n) is 7.93. The Balaban J connectivity index is 1.73. The summed E-state index contributed by atoms with van der Waals surface area (Å²) in [5.41, 5.74) is 2.59. The smallest absolute Gasteiger partial charge is 0.338 e. The number of carbonyl (C=O) groups excluding carboxylic acids is 1. The third-order valence-electron chi connectivity index (χ3n) is 6.23. The molecule has 0 N–H and O–H groups in total. The first kappa shape index (κ1) is 22.0. The van der Waals surface area contributed by atoms with Crippen molar-refractivity contribution in [3.8, 4) is 17.2 Å². The molecule has 10 nitrogen and oxygen atoms in total. The summed E-state index contributed by atoms with van der Waals surface area (Å²) in [6.07, 6.45) is 1.03. The second-order valence-corrected chi connectivity index (χ2v) is 7.93. The van der Waals surface area contributed by atoms with Crippen LogP contribution in [0.25, 0.3) is 5.57 Å². The minimum atomic E-state index is -0.517. The van der Waals surface area contributed by atoms with Gasteiger partial charge in [0.25, 0.3) is 0 Å². The van der Waals surface area contributed by atoms with E-state index in [9.17, 15) is 4.79 Å². The number of methoxy groups -OCH3 is 3. The fraction of sp³-hybridized carbons (Fsp3) is 0.522. The molecule has 0 aromatic heterocycles. The fourth-order valence-corrected chi connectivity index (χ4v) is 4.68. The van der Waals surface area contributed by atoms with E-state index in [0.29, 0.717) is 53.9 Å². The number of benzene rings is 1. The average molecular weight is 461 g/mol. The van der Waals surface area contributed by atoms with E-state index >= 15 is 0 Å². The first-order valence-electron chi connectivity index (χ1n) is 10.8. The monoisotopic (exact) mass is 461 g/mol. The molecule has 10 heteroatoms. The van der Waals surface area contributed by atoms with Crippen molar-refractivity contribution in [1.82, 2.24) is 4.90 Å². The largest absolute Gasteiger partial charge is 0.498 e. The molecule has 2 fully saturated rings. The first-order chi connectivity index (χ1) is 16.2. The Hall–Kier alpha value is -2.79. The summed E-state index contributed by atoms with van der Waals surface area (Å²) >= 11 is 0. The standard InChI is InChI=1S/C23H27NO9/c1-26-15-8-13(10-24-4-6-29-7-5-24)17(21-19(15)30-11-32-21)18-14(23(25)28-3)9-16(27-2)20-22(18)33-12-31-20/h8-9,19,21H,4-7,10-12H2,1-3H3. The van der Waals surface area contributed by atoms with E-state index in [0.717, 1.165) is 24.2 Å². The molecule has 3 aliphatic heterocycles. The van der Waals surface area contributed by atoms with Gasteiger partial charge >= 0.3 is 5.97 Å². The van der Waals surface area contributed by atoms with Crippen LogP contribution in [-0.4, -0.2) is 90.8 Å². The number of hydrogen-bond acceptors (Lipinski definition) is 10. The molecule has 1 aromatic rings. The summed E-state index contributed by atoms with van der Waals surface area (Å²) in [5, 5.41) is 0. The lowest BCUT2D eigenvalue weighted by Gasteiger charge is -2.33. The highest BCUT2D eigenvalue weighted by molar-refractivity contribution is 6.00. The van der Waals surface area contributed by atoms with E-state index in [-0.39, 0.29) is 13.6 Å². The van der Waals surface area contributed by atoms with Crippen LogP contribution in [0, 0.1) is 0 Å². The summed E-state index contributed by atoms with van der Waals surface area (Å²) in [7, 11) is 4.47. The van der Waals surface area contributed by atoms with Gasteiger partial charge in [0.05, 0.1) is 40.1 Å². The van der Waals surface area contributed by atoms with Crippen molar-refractivity contribution in [2.45, 2.75) is 12.2 Å². The molecule has 3 heterocycles. The molecule has 5 rings (SSSR count). The third-order valence-corrected chi connectivity index (χ3v) is 6.23. The maximum atomic E-state index is 12.9. The van der Waals surface area contributed by atoms with Crippen molar-refractivity contribution in [2.75, 3.05) is 67.8 Å². The van der Waals surface area contributed by atoms with E-state index in [1.54, 1.807) is 13.2 Å². The highest BCUT2D eigenvalue weighted by atomic mass is 16.7. The molecular weight excluding hydrogens is 434 g/mol. The van der Waals surface area contributed by atoms with Gasteiger partial charge in [-0.3, -0.25) is 4.90 Å². The predicted molar refractivity (Wildman–Crippen MR) is 114 cm³/mol. The molecule has 1 aliphatic carbocycles. The molecule has 0 bridgehead atoms. The minimum absolute atomic E-state index is 0.0139. The molecule has 4 aliphatic rings. The highest BCUT2D eigenvalue weighted by Crippen LogP contribution is 2.51. The normalized spacial score (nSPS) is 24.4. The van der Waals surface area contributed by atoms with Crippen LogP contribution in [0.1, 0.15) is 15.9 Å². The predicted octanol–water partition coefficient (Wildman–Crippen LogP) is 1.58. The first-order valence-corrected chi connectivity index (χ1v) is 10.8. The van der Waals surface area contributed by atoms with E-state index in [1.807, 2.05) is 6.08 Å². The highest BCUT2D eigenvalue weighted by Gasteiger charge is 2.44. The van der Waals surface area contributed by atoms with Crippen molar-refractivity contribution in [3.05, 3.63) is 34.6 Å². The number of fused-ring (bicyclic) bond motifs is 2. The number of hydrogen-bond donors (Lipinski definition) is 0. The van der Waals surface area contributed by atoms with Crippen LogP contribution in [-0.2, 0) is 23.7 Å². The SMILES string of the molecule is COC(=O)c1cc(OC)c2c(c1C1=C(CN3CCOCC3)C=C(OC)C3OCOC13)OCO2. The van der Waals surface area contributed by atoms with Crippen LogP contribution in [0.3, 0.4) is 0 Å². The zero-order valence-corrected chi connectivity index (χ0v) is 18.9. The van der Waals surface area contributed by atoms with Crippen molar-refractivity contribution in [2.24, 2.45) is 0 Å². The molecule has 0 radical (unpaired) electrons. The molecule has 0 spiro atoms. The van der Waals surface area contributed by atoms with Gasteiger partial charge < -0.3 is 37.9 Å². The molecule has 0 amide bonds. The van der Waals surface area contributed by atoms with Gasteiger partial charge in [-0.25, -0.2) is 4.79 Å². The quantitative estimate of drug-likeness (QED) is 0.581. The van der Waals surface area contributed by atoms with Gasteiger partial charge in [0.1, 0.15) is 24.8 Å². The van der Waals surface area contributed by atoms with Crippen molar-refractivity contribution in [3.63, 3.8) is 0 Å². The number of ether oxygens (including phenoxy) is 8. The van der Waals surface area contributed by atoms with Gasteiger partial charge in [0.15, 0.2) is 11.5 Å². The molecule has 2 saturated heterocycles. The molecule has 2 unspecified atom stereocenters. The molecular formula is C23H27NO9.